The third-order valence-electron chi connectivity index (χ3n) is 3.53. The van der Waals surface area contributed by atoms with Gasteiger partial charge in [0.15, 0.2) is 0 Å². The zero-order chi connectivity index (χ0) is 14.9. The van der Waals surface area contributed by atoms with Gasteiger partial charge in [-0.15, -0.1) is 0 Å². The predicted octanol–water partition coefficient (Wildman–Crippen LogP) is 2.80. The molecule has 0 radical (unpaired) electrons. The molecule has 0 bridgehead atoms. The van der Waals surface area contributed by atoms with Gasteiger partial charge in [-0.1, -0.05) is 29.8 Å². The van der Waals surface area contributed by atoms with E-state index in [2.05, 4.69) is 4.98 Å². The first kappa shape index (κ1) is 14.1. The first-order valence-corrected chi connectivity index (χ1v) is 6.41. The zero-order valence-electron chi connectivity index (χ0n) is 11.8. The van der Waals surface area contributed by atoms with Crippen molar-refractivity contribution in [3.05, 3.63) is 57.9 Å². The number of carboxylic acid groups (broad SMARTS) is 1. The number of benzene rings is 1. The molecule has 0 aliphatic heterocycles. The lowest BCUT2D eigenvalue weighted by Gasteiger charge is -2.01. The Morgan fingerprint density at radius 3 is 2.20 bits per heavy atom. The van der Waals surface area contributed by atoms with Crippen LogP contribution < -0.4 is 0 Å². The summed E-state index contributed by atoms with van der Waals surface area (Å²) in [5.41, 5.74) is 4.40. The quantitative estimate of drug-likeness (QED) is 0.840. The van der Waals surface area contributed by atoms with Crippen molar-refractivity contribution < 1.29 is 14.7 Å². The molecule has 2 rings (SSSR count). The normalized spacial score (nSPS) is 10.6. The fourth-order valence-electron chi connectivity index (χ4n) is 2.16. The van der Waals surface area contributed by atoms with E-state index in [0.29, 0.717) is 17.0 Å². The summed E-state index contributed by atoms with van der Waals surface area (Å²) >= 11 is 0. The van der Waals surface area contributed by atoms with E-state index in [0.717, 1.165) is 16.7 Å². The van der Waals surface area contributed by atoms with Crippen LogP contribution >= 0.6 is 0 Å². The van der Waals surface area contributed by atoms with Crippen molar-refractivity contribution in [2.45, 2.75) is 27.2 Å². The number of aromatic nitrogens is 1. The van der Waals surface area contributed by atoms with Gasteiger partial charge < -0.3 is 10.1 Å². The molecule has 0 unspecified atom stereocenters. The molecule has 1 heterocycles. The second kappa shape index (κ2) is 5.33. The van der Waals surface area contributed by atoms with Crippen molar-refractivity contribution in [3.63, 3.8) is 0 Å². The number of rotatable bonds is 4. The topological polar surface area (TPSA) is 70.2 Å². The van der Waals surface area contributed by atoms with E-state index in [4.69, 9.17) is 5.11 Å². The molecule has 4 heteroatoms. The SMILES string of the molecule is Cc1ccc(C(=O)c2[nH]c(CC(=O)O)c(C)c2C)cc1. The number of hydrogen-bond acceptors (Lipinski definition) is 2. The minimum Gasteiger partial charge on any atom is -0.481 e. The van der Waals surface area contributed by atoms with E-state index in [1.807, 2.05) is 32.9 Å². The molecule has 0 amide bonds. The fraction of sp³-hybridized carbons (Fsp3) is 0.250. The van der Waals surface area contributed by atoms with Gasteiger partial charge in [-0.25, -0.2) is 0 Å². The van der Waals surface area contributed by atoms with Crippen LogP contribution in [0.3, 0.4) is 0 Å². The molecule has 1 aromatic carbocycles. The number of aromatic amines is 1. The predicted molar refractivity (Wildman–Crippen MR) is 76.2 cm³/mol. The summed E-state index contributed by atoms with van der Waals surface area (Å²) in [6.45, 7) is 5.62. The summed E-state index contributed by atoms with van der Waals surface area (Å²) in [5.74, 6) is -1.02. The maximum Gasteiger partial charge on any atom is 0.309 e. The van der Waals surface area contributed by atoms with Crippen LogP contribution in [0.1, 0.15) is 38.4 Å². The van der Waals surface area contributed by atoms with Gasteiger partial charge >= 0.3 is 5.97 Å². The summed E-state index contributed by atoms with van der Waals surface area (Å²) < 4.78 is 0. The smallest absolute Gasteiger partial charge is 0.309 e. The van der Waals surface area contributed by atoms with Crippen LogP contribution in [0.25, 0.3) is 0 Å². The molecule has 0 fully saturated rings. The highest BCUT2D eigenvalue weighted by Crippen LogP contribution is 2.21. The third kappa shape index (κ3) is 2.64. The van der Waals surface area contributed by atoms with Gasteiger partial charge in [-0.2, -0.15) is 0 Å². The van der Waals surface area contributed by atoms with Crippen molar-refractivity contribution in [2.24, 2.45) is 0 Å². The highest BCUT2D eigenvalue weighted by molar-refractivity contribution is 6.09. The largest absolute Gasteiger partial charge is 0.481 e. The van der Waals surface area contributed by atoms with E-state index in [1.165, 1.54) is 0 Å². The summed E-state index contributed by atoms with van der Waals surface area (Å²) in [5, 5.41) is 8.87. The van der Waals surface area contributed by atoms with Gasteiger partial charge in [-0.05, 0) is 31.9 Å². The van der Waals surface area contributed by atoms with Crippen LogP contribution in [-0.4, -0.2) is 21.8 Å². The Morgan fingerprint density at radius 2 is 1.65 bits per heavy atom. The maximum atomic E-state index is 12.5. The second-order valence-electron chi connectivity index (χ2n) is 4.99. The molecule has 4 nitrogen and oxygen atoms in total. The minimum absolute atomic E-state index is 0.103. The number of carboxylic acids is 1. The molecule has 104 valence electrons. The monoisotopic (exact) mass is 271 g/mol. The van der Waals surface area contributed by atoms with E-state index in [1.54, 1.807) is 12.1 Å². The number of ketones is 1. The van der Waals surface area contributed by atoms with Gasteiger partial charge in [-0.3, -0.25) is 9.59 Å². The number of H-pyrrole nitrogens is 1. The lowest BCUT2D eigenvalue weighted by atomic mass is 10.0. The van der Waals surface area contributed by atoms with E-state index in [-0.39, 0.29) is 12.2 Å². The van der Waals surface area contributed by atoms with E-state index < -0.39 is 5.97 Å². The Hall–Kier alpha value is -2.36. The fourth-order valence-corrected chi connectivity index (χ4v) is 2.16. The Labute approximate surface area is 117 Å². The molecule has 0 aliphatic rings. The molecule has 2 N–H and O–H groups in total. The first-order chi connectivity index (χ1) is 9.40. The van der Waals surface area contributed by atoms with Gasteiger partial charge in [0.05, 0.1) is 12.1 Å². The lowest BCUT2D eigenvalue weighted by molar-refractivity contribution is -0.136. The molecule has 2 aromatic rings. The summed E-state index contributed by atoms with van der Waals surface area (Å²) in [4.78, 5) is 26.2. The van der Waals surface area contributed by atoms with Crippen LogP contribution in [0.2, 0.25) is 0 Å². The third-order valence-corrected chi connectivity index (χ3v) is 3.53. The number of carbonyl (C=O) groups excluding carboxylic acids is 1. The molecule has 0 aliphatic carbocycles. The van der Waals surface area contributed by atoms with E-state index in [9.17, 15) is 9.59 Å². The average Bonchev–Trinajstić information content (AvgIpc) is 2.67. The summed E-state index contributed by atoms with van der Waals surface area (Å²) in [7, 11) is 0. The summed E-state index contributed by atoms with van der Waals surface area (Å²) in [6.07, 6.45) is -0.103. The van der Waals surface area contributed by atoms with Gasteiger partial charge in [0.1, 0.15) is 0 Å². The Bertz CT molecular complexity index is 666. The standard InChI is InChI=1S/C16H17NO3/c1-9-4-6-12(7-5-9)16(20)15-11(3)10(2)13(17-15)8-14(18)19/h4-7,17H,8H2,1-3H3,(H,18,19). The average molecular weight is 271 g/mol. The van der Waals surface area contributed by atoms with Crippen molar-refractivity contribution in [2.75, 3.05) is 0 Å². The van der Waals surface area contributed by atoms with Crippen LogP contribution in [0.4, 0.5) is 0 Å². The van der Waals surface area contributed by atoms with E-state index >= 15 is 0 Å². The van der Waals surface area contributed by atoms with Crippen LogP contribution in [0.5, 0.6) is 0 Å². The first-order valence-electron chi connectivity index (χ1n) is 6.41. The number of aryl methyl sites for hydroxylation is 1. The number of aliphatic carboxylic acids is 1. The van der Waals surface area contributed by atoms with Crippen molar-refractivity contribution in [1.82, 2.24) is 4.98 Å². The van der Waals surface area contributed by atoms with Crippen LogP contribution in [-0.2, 0) is 11.2 Å². The summed E-state index contributed by atoms with van der Waals surface area (Å²) in [6, 6.07) is 7.33. The Morgan fingerprint density at radius 1 is 1.05 bits per heavy atom. The Balaban J connectivity index is 2.40. The number of carbonyl (C=O) groups is 2. The molecule has 0 saturated carbocycles. The second-order valence-corrected chi connectivity index (χ2v) is 4.99. The van der Waals surface area contributed by atoms with Gasteiger partial charge in [0.2, 0.25) is 5.78 Å². The van der Waals surface area contributed by atoms with Gasteiger partial charge in [0, 0.05) is 11.3 Å². The molecule has 1 aromatic heterocycles. The molecule has 0 atom stereocenters. The molecule has 0 spiro atoms. The van der Waals surface area contributed by atoms with Crippen molar-refractivity contribution in [3.8, 4) is 0 Å². The molecule has 20 heavy (non-hydrogen) atoms. The van der Waals surface area contributed by atoms with Crippen molar-refractivity contribution in [1.29, 1.82) is 0 Å². The zero-order valence-corrected chi connectivity index (χ0v) is 11.8. The molecular weight excluding hydrogens is 254 g/mol. The highest BCUT2D eigenvalue weighted by atomic mass is 16.4. The maximum absolute atomic E-state index is 12.5. The van der Waals surface area contributed by atoms with Gasteiger partial charge in [0.25, 0.3) is 0 Å². The number of nitrogens with one attached hydrogen (secondary N) is 1. The number of hydrogen-bond donors (Lipinski definition) is 2. The van der Waals surface area contributed by atoms with Crippen LogP contribution in [0, 0.1) is 20.8 Å². The Kier molecular flexibility index (Phi) is 3.74. The van der Waals surface area contributed by atoms with Crippen molar-refractivity contribution >= 4 is 11.8 Å². The minimum atomic E-state index is -0.913. The highest BCUT2D eigenvalue weighted by Gasteiger charge is 2.19. The molecule has 0 saturated heterocycles. The lowest BCUT2D eigenvalue weighted by Crippen LogP contribution is -2.05. The van der Waals surface area contributed by atoms with Crippen LogP contribution in [0.15, 0.2) is 24.3 Å². The molecular formula is C16H17NO3.